The Morgan fingerprint density at radius 2 is 1.96 bits per heavy atom. The number of nitrogens with one attached hydrogen (secondary N) is 1. The van der Waals surface area contributed by atoms with Crippen molar-refractivity contribution < 1.29 is 13.2 Å². The molecule has 128 valence electrons. The number of sulfonamides is 1. The average Bonchev–Trinajstić information content (AvgIpc) is 2.90. The topological polar surface area (TPSA) is 94.2 Å². The lowest BCUT2D eigenvalue weighted by Crippen LogP contribution is -2.45. The molecular weight excluding hydrogens is 326 g/mol. The maximum absolute atomic E-state index is 12.6. The molecule has 0 aliphatic heterocycles. The number of aryl methyl sites for hydroxylation is 1. The van der Waals surface area contributed by atoms with Gasteiger partial charge in [0.15, 0.2) is 0 Å². The van der Waals surface area contributed by atoms with Gasteiger partial charge in [-0.2, -0.15) is 0 Å². The first-order valence-electron chi connectivity index (χ1n) is 7.85. The van der Waals surface area contributed by atoms with Gasteiger partial charge in [0.2, 0.25) is 10.0 Å². The molecule has 1 aromatic heterocycles. The van der Waals surface area contributed by atoms with Crippen LogP contribution in [0, 0.1) is 0 Å². The molecule has 1 heterocycles. The Morgan fingerprint density at radius 1 is 1.29 bits per heavy atom. The molecule has 3 N–H and O–H groups in total. The summed E-state index contributed by atoms with van der Waals surface area (Å²) >= 11 is 0. The number of nitrogens with zero attached hydrogens (tertiary/aromatic N) is 1. The number of carbonyl (C=O) groups excluding carboxylic acids is 1. The fraction of sp³-hybridized carbons (Fsp3) is 0.353. The zero-order chi connectivity index (χ0) is 17.4. The maximum atomic E-state index is 12.6. The minimum atomic E-state index is -3.69. The normalized spacial score (nSPS) is 16.5. The van der Waals surface area contributed by atoms with E-state index in [0.717, 1.165) is 24.8 Å². The van der Waals surface area contributed by atoms with E-state index in [1.54, 1.807) is 7.05 Å². The van der Waals surface area contributed by atoms with Gasteiger partial charge in [0, 0.05) is 25.2 Å². The third kappa shape index (κ3) is 2.97. The third-order valence-corrected chi connectivity index (χ3v) is 6.21. The Kier molecular flexibility index (Phi) is 4.23. The Labute approximate surface area is 141 Å². The van der Waals surface area contributed by atoms with Gasteiger partial charge in [-0.15, -0.1) is 0 Å². The van der Waals surface area contributed by atoms with Crippen molar-refractivity contribution in [2.75, 3.05) is 6.54 Å². The molecule has 0 radical (unpaired) electrons. The van der Waals surface area contributed by atoms with Crippen molar-refractivity contribution in [3.05, 3.63) is 53.9 Å². The summed E-state index contributed by atoms with van der Waals surface area (Å²) in [5, 5.41) is 0. The first-order valence-corrected chi connectivity index (χ1v) is 9.34. The third-order valence-electron chi connectivity index (χ3n) is 4.84. The van der Waals surface area contributed by atoms with E-state index >= 15 is 0 Å². The standard InChI is InChI=1S/C17H21N3O3S/c1-20-11-14(10-15(20)16(18)21)24(22,23)19-12-17(8-5-9-17)13-6-3-2-4-7-13/h2-4,6-7,10-11,19H,5,8-9,12H2,1H3,(H2,18,21). The highest BCUT2D eigenvalue weighted by atomic mass is 32.2. The predicted molar refractivity (Wildman–Crippen MR) is 91.1 cm³/mol. The highest BCUT2D eigenvalue weighted by molar-refractivity contribution is 7.89. The van der Waals surface area contributed by atoms with Crippen LogP contribution in [0.2, 0.25) is 0 Å². The van der Waals surface area contributed by atoms with Gasteiger partial charge in [0.25, 0.3) is 5.91 Å². The quantitative estimate of drug-likeness (QED) is 0.829. The molecule has 1 amide bonds. The minimum absolute atomic E-state index is 0.0568. The molecule has 2 aromatic rings. The summed E-state index contributed by atoms with van der Waals surface area (Å²) in [6.07, 6.45) is 4.41. The fourth-order valence-electron chi connectivity index (χ4n) is 3.21. The minimum Gasteiger partial charge on any atom is -0.364 e. The molecule has 6 nitrogen and oxygen atoms in total. The highest BCUT2D eigenvalue weighted by Crippen LogP contribution is 2.43. The molecule has 0 bridgehead atoms. The number of amides is 1. The number of nitrogens with two attached hydrogens (primary N) is 1. The van der Waals surface area contributed by atoms with Gasteiger partial charge in [-0.3, -0.25) is 4.79 Å². The predicted octanol–water partition coefficient (Wildman–Crippen LogP) is 1.52. The largest absolute Gasteiger partial charge is 0.364 e. The van der Waals surface area contributed by atoms with Crippen LogP contribution >= 0.6 is 0 Å². The van der Waals surface area contributed by atoms with Crippen LogP contribution in [-0.4, -0.2) is 25.4 Å². The molecule has 0 spiro atoms. The van der Waals surface area contributed by atoms with E-state index in [1.807, 2.05) is 30.3 Å². The molecule has 24 heavy (non-hydrogen) atoms. The Bertz CT molecular complexity index is 852. The van der Waals surface area contributed by atoms with Crippen molar-refractivity contribution in [2.24, 2.45) is 12.8 Å². The summed E-state index contributed by atoms with van der Waals surface area (Å²) in [4.78, 5) is 11.4. The zero-order valence-corrected chi connectivity index (χ0v) is 14.3. The smallest absolute Gasteiger partial charge is 0.265 e. The SMILES string of the molecule is Cn1cc(S(=O)(=O)NCC2(c3ccccc3)CCC2)cc1C(N)=O. The summed E-state index contributed by atoms with van der Waals surface area (Å²) in [6, 6.07) is 11.3. The molecule has 1 fully saturated rings. The van der Waals surface area contributed by atoms with Gasteiger partial charge < -0.3 is 10.3 Å². The van der Waals surface area contributed by atoms with Crippen LogP contribution < -0.4 is 10.5 Å². The Balaban J connectivity index is 1.80. The number of aromatic nitrogens is 1. The average molecular weight is 347 g/mol. The molecule has 3 rings (SSSR count). The van der Waals surface area contributed by atoms with E-state index in [4.69, 9.17) is 5.73 Å². The second-order valence-electron chi connectivity index (χ2n) is 6.36. The van der Waals surface area contributed by atoms with Crippen LogP contribution in [-0.2, 0) is 22.5 Å². The van der Waals surface area contributed by atoms with Gasteiger partial charge in [-0.25, -0.2) is 13.1 Å². The van der Waals surface area contributed by atoms with Gasteiger partial charge >= 0.3 is 0 Å². The van der Waals surface area contributed by atoms with Crippen molar-refractivity contribution in [3.8, 4) is 0 Å². The Morgan fingerprint density at radius 3 is 2.46 bits per heavy atom. The maximum Gasteiger partial charge on any atom is 0.265 e. The van der Waals surface area contributed by atoms with Crippen LogP contribution in [0.25, 0.3) is 0 Å². The van der Waals surface area contributed by atoms with Crippen LogP contribution in [0.5, 0.6) is 0 Å². The number of hydrogen-bond acceptors (Lipinski definition) is 3. The molecule has 0 atom stereocenters. The molecule has 1 aliphatic rings. The van der Waals surface area contributed by atoms with Crippen LogP contribution in [0.3, 0.4) is 0 Å². The van der Waals surface area contributed by atoms with E-state index in [0.29, 0.717) is 6.54 Å². The lowest BCUT2D eigenvalue weighted by Gasteiger charge is -2.42. The van der Waals surface area contributed by atoms with Gasteiger partial charge in [-0.05, 0) is 24.5 Å². The number of benzene rings is 1. The molecule has 1 aromatic carbocycles. The van der Waals surface area contributed by atoms with Crippen molar-refractivity contribution in [2.45, 2.75) is 29.6 Å². The van der Waals surface area contributed by atoms with Gasteiger partial charge in [0.05, 0.1) is 0 Å². The second kappa shape index (κ2) is 6.07. The van der Waals surface area contributed by atoms with Crippen LogP contribution in [0.4, 0.5) is 0 Å². The van der Waals surface area contributed by atoms with Gasteiger partial charge in [-0.1, -0.05) is 36.8 Å². The molecule has 1 aliphatic carbocycles. The lowest BCUT2D eigenvalue weighted by molar-refractivity contribution is 0.0992. The summed E-state index contributed by atoms with van der Waals surface area (Å²) in [6.45, 7) is 0.347. The summed E-state index contributed by atoms with van der Waals surface area (Å²) in [5.41, 5.74) is 6.42. The fourth-order valence-corrected chi connectivity index (χ4v) is 4.40. The molecule has 1 saturated carbocycles. The molecular formula is C17H21N3O3S. The van der Waals surface area contributed by atoms with E-state index in [1.165, 1.54) is 16.8 Å². The van der Waals surface area contributed by atoms with Crippen molar-refractivity contribution >= 4 is 15.9 Å². The van der Waals surface area contributed by atoms with E-state index in [2.05, 4.69) is 4.72 Å². The van der Waals surface area contributed by atoms with Crippen LogP contribution in [0.1, 0.15) is 35.3 Å². The zero-order valence-electron chi connectivity index (χ0n) is 13.5. The highest BCUT2D eigenvalue weighted by Gasteiger charge is 2.39. The lowest BCUT2D eigenvalue weighted by atomic mass is 9.64. The molecule has 0 saturated heterocycles. The van der Waals surface area contributed by atoms with Gasteiger partial charge in [0.1, 0.15) is 10.6 Å². The summed E-state index contributed by atoms with van der Waals surface area (Å²) in [7, 11) is -2.10. The molecule has 0 unspecified atom stereocenters. The second-order valence-corrected chi connectivity index (χ2v) is 8.13. The monoisotopic (exact) mass is 347 g/mol. The number of hydrogen-bond donors (Lipinski definition) is 2. The van der Waals surface area contributed by atoms with Crippen molar-refractivity contribution in [3.63, 3.8) is 0 Å². The first kappa shape index (κ1) is 16.7. The number of carbonyl (C=O) groups is 1. The summed E-state index contributed by atoms with van der Waals surface area (Å²) in [5.74, 6) is -0.654. The van der Waals surface area contributed by atoms with E-state index in [9.17, 15) is 13.2 Å². The van der Waals surface area contributed by atoms with Crippen molar-refractivity contribution in [1.82, 2.24) is 9.29 Å². The van der Waals surface area contributed by atoms with E-state index in [-0.39, 0.29) is 16.0 Å². The summed E-state index contributed by atoms with van der Waals surface area (Å²) < 4.78 is 29.3. The van der Waals surface area contributed by atoms with E-state index < -0.39 is 15.9 Å². The number of primary amides is 1. The van der Waals surface area contributed by atoms with Crippen LogP contribution in [0.15, 0.2) is 47.5 Å². The number of rotatable bonds is 6. The Hall–Kier alpha value is -2.12. The van der Waals surface area contributed by atoms with Crippen molar-refractivity contribution in [1.29, 1.82) is 0 Å². The first-order chi connectivity index (χ1) is 11.3. The molecule has 7 heteroatoms.